The first-order valence-corrected chi connectivity index (χ1v) is 8.87. The highest BCUT2D eigenvalue weighted by Gasteiger charge is 2.08. The molecule has 124 valence electrons. The summed E-state index contributed by atoms with van der Waals surface area (Å²) < 4.78 is 5.70. The lowest BCUT2D eigenvalue weighted by atomic mass is 10.2. The van der Waals surface area contributed by atoms with Crippen LogP contribution in [-0.4, -0.2) is 22.7 Å². The summed E-state index contributed by atoms with van der Waals surface area (Å²) >= 11 is 1.40. The number of carbonyl (C=O) groups is 1. The number of anilines is 1. The third-order valence-corrected chi connectivity index (χ3v) is 4.29. The van der Waals surface area contributed by atoms with E-state index in [1.807, 2.05) is 12.1 Å². The van der Waals surface area contributed by atoms with Crippen LogP contribution in [0.15, 0.2) is 24.3 Å². The van der Waals surface area contributed by atoms with Gasteiger partial charge in [0.15, 0.2) is 0 Å². The molecule has 6 heteroatoms. The van der Waals surface area contributed by atoms with Crippen molar-refractivity contribution in [1.82, 2.24) is 10.2 Å². The first-order chi connectivity index (χ1) is 11.2. The predicted octanol–water partition coefficient (Wildman–Crippen LogP) is 3.85. The summed E-state index contributed by atoms with van der Waals surface area (Å²) in [5.41, 5.74) is 1.30. The molecule has 1 heterocycles. The fourth-order valence-electron chi connectivity index (χ4n) is 2.00. The van der Waals surface area contributed by atoms with Crippen molar-refractivity contribution in [2.24, 2.45) is 0 Å². The molecule has 0 atom stereocenters. The lowest BCUT2D eigenvalue weighted by Gasteiger charge is -2.05. The van der Waals surface area contributed by atoms with Crippen LogP contribution >= 0.6 is 11.3 Å². The molecule has 1 N–H and O–H groups in total. The molecule has 2 rings (SSSR count). The second-order valence-corrected chi connectivity index (χ2v) is 6.31. The number of hydrogen-bond donors (Lipinski definition) is 1. The van der Waals surface area contributed by atoms with Crippen molar-refractivity contribution in [3.63, 3.8) is 0 Å². The summed E-state index contributed by atoms with van der Waals surface area (Å²) in [6.45, 7) is 4.74. The Labute approximate surface area is 141 Å². The Morgan fingerprint density at radius 1 is 1.22 bits per heavy atom. The normalized spacial score (nSPS) is 10.5. The van der Waals surface area contributed by atoms with Gasteiger partial charge in [0.05, 0.1) is 6.61 Å². The molecule has 23 heavy (non-hydrogen) atoms. The molecule has 5 nitrogen and oxygen atoms in total. The zero-order valence-electron chi connectivity index (χ0n) is 13.7. The van der Waals surface area contributed by atoms with Gasteiger partial charge >= 0.3 is 0 Å². The number of amides is 1. The van der Waals surface area contributed by atoms with Gasteiger partial charge in [0.1, 0.15) is 10.8 Å². The Morgan fingerprint density at radius 3 is 2.70 bits per heavy atom. The third kappa shape index (κ3) is 5.98. The highest BCUT2D eigenvalue weighted by atomic mass is 32.1. The number of nitrogens with zero attached hydrogens (tertiary/aromatic N) is 2. The first-order valence-electron chi connectivity index (χ1n) is 8.05. The summed E-state index contributed by atoms with van der Waals surface area (Å²) in [5, 5.41) is 12.3. The number of unbranched alkanes of at least 4 members (excludes halogenated alkanes) is 1. The predicted molar refractivity (Wildman–Crippen MR) is 93.1 cm³/mol. The molecule has 0 bridgehead atoms. The Balaban J connectivity index is 1.74. The lowest BCUT2D eigenvalue weighted by molar-refractivity contribution is -0.116. The average molecular weight is 333 g/mol. The molecular formula is C17H23N3O2S. The van der Waals surface area contributed by atoms with E-state index >= 15 is 0 Å². The number of hydrogen-bond acceptors (Lipinski definition) is 5. The second kappa shape index (κ2) is 9.25. The van der Waals surface area contributed by atoms with E-state index in [1.165, 1.54) is 16.9 Å². The van der Waals surface area contributed by atoms with Crippen LogP contribution in [0, 0.1) is 0 Å². The molecule has 0 aliphatic heterocycles. The molecule has 1 amide bonds. The topological polar surface area (TPSA) is 64.1 Å². The van der Waals surface area contributed by atoms with E-state index in [4.69, 9.17) is 4.74 Å². The van der Waals surface area contributed by atoms with Crippen molar-refractivity contribution < 1.29 is 9.53 Å². The standard InChI is InChI=1S/C17H23N3O2S/c1-3-5-6-15(21)18-17-20-19-16(23-17)11-12-22-14-9-7-13(4-2)8-10-14/h7-10H,3-6,11-12H2,1-2H3,(H,18,20,21). The van der Waals surface area contributed by atoms with Gasteiger partial charge < -0.3 is 10.1 Å². The SMILES string of the molecule is CCCCC(=O)Nc1nnc(CCOc2ccc(CC)cc2)s1. The average Bonchev–Trinajstić information content (AvgIpc) is 3.01. The summed E-state index contributed by atoms with van der Waals surface area (Å²) in [6, 6.07) is 8.12. The summed E-state index contributed by atoms with van der Waals surface area (Å²) in [4.78, 5) is 11.6. The van der Waals surface area contributed by atoms with Crippen LogP contribution in [0.25, 0.3) is 0 Å². The summed E-state index contributed by atoms with van der Waals surface area (Å²) in [7, 11) is 0. The molecule has 1 aromatic carbocycles. The van der Waals surface area contributed by atoms with E-state index in [0.717, 1.165) is 30.0 Å². The molecule has 0 saturated carbocycles. The Bertz CT molecular complexity index is 611. The van der Waals surface area contributed by atoms with E-state index in [0.29, 0.717) is 24.6 Å². The maximum atomic E-state index is 11.6. The Morgan fingerprint density at radius 2 is 2.00 bits per heavy atom. The van der Waals surface area contributed by atoms with Crippen molar-refractivity contribution in [1.29, 1.82) is 0 Å². The van der Waals surface area contributed by atoms with Crippen LogP contribution in [0.4, 0.5) is 5.13 Å². The molecule has 0 aliphatic rings. The highest BCUT2D eigenvalue weighted by molar-refractivity contribution is 7.15. The molecule has 0 radical (unpaired) electrons. The van der Waals surface area contributed by atoms with Crippen LogP contribution in [0.2, 0.25) is 0 Å². The van der Waals surface area contributed by atoms with Gasteiger partial charge in [-0.1, -0.05) is 43.7 Å². The summed E-state index contributed by atoms with van der Waals surface area (Å²) in [5.74, 6) is 0.863. The van der Waals surface area contributed by atoms with Gasteiger partial charge in [-0.3, -0.25) is 4.79 Å². The molecule has 0 saturated heterocycles. The van der Waals surface area contributed by atoms with Crippen molar-refractivity contribution in [3.05, 3.63) is 34.8 Å². The molecule has 0 unspecified atom stereocenters. The Kier molecular flexibility index (Phi) is 7.00. The maximum absolute atomic E-state index is 11.6. The van der Waals surface area contributed by atoms with Gasteiger partial charge in [0, 0.05) is 12.8 Å². The highest BCUT2D eigenvalue weighted by Crippen LogP contribution is 2.17. The van der Waals surface area contributed by atoms with Crippen molar-refractivity contribution in [3.8, 4) is 5.75 Å². The summed E-state index contributed by atoms with van der Waals surface area (Å²) in [6.07, 6.45) is 4.13. The van der Waals surface area contributed by atoms with Crippen LogP contribution in [-0.2, 0) is 17.6 Å². The van der Waals surface area contributed by atoms with Crippen LogP contribution in [0.5, 0.6) is 5.75 Å². The van der Waals surface area contributed by atoms with Crippen LogP contribution < -0.4 is 10.1 Å². The second-order valence-electron chi connectivity index (χ2n) is 5.25. The lowest BCUT2D eigenvalue weighted by Crippen LogP contribution is -2.10. The fourth-order valence-corrected chi connectivity index (χ4v) is 2.74. The molecule has 1 aromatic heterocycles. The van der Waals surface area contributed by atoms with E-state index in [2.05, 4.69) is 41.5 Å². The first kappa shape index (κ1) is 17.4. The number of nitrogens with one attached hydrogen (secondary N) is 1. The Hall–Kier alpha value is -1.95. The number of carbonyl (C=O) groups excluding carboxylic acids is 1. The minimum atomic E-state index is 0.00168. The monoisotopic (exact) mass is 333 g/mol. The number of ether oxygens (including phenoxy) is 1. The smallest absolute Gasteiger partial charge is 0.226 e. The van der Waals surface area contributed by atoms with Crippen LogP contribution in [0.3, 0.4) is 0 Å². The number of rotatable bonds is 9. The van der Waals surface area contributed by atoms with Gasteiger partial charge in [-0.15, -0.1) is 10.2 Å². The van der Waals surface area contributed by atoms with Gasteiger partial charge in [-0.25, -0.2) is 0 Å². The van der Waals surface area contributed by atoms with Crippen molar-refractivity contribution in [2.45, 2.75) is 46.0 Å². The minimum absolute atomic E-state index is 0.00168. The van der Waals surface area contributed by atoms with Crippen molar-refractivity contribution >= 4 is 22.4 Å². The van der Waals surface area contributed by atoms with Crippen LogP contribution in [0.1, 0.15) is 43.7 Å². The number of benzene rings is 1. The van der Waals surface area contributed by atoms with E-state index in [9.17, 15) is 4.79 Å². The third-order valence-electron chi connectivity index (χ3n) is 3.39. The van der Waals surface area contributed by atoms with Gasteiger partial charge in [-0.05, 0) is 30.5 Å². The number of aryl methyl sites for hydroxylation is 1. The zero-order valence-corrected chi connectivity index (χ0v) is 14.5. The molecule has 0 spiro atoms. The van der Waals surface area contributed by atoms with E-state index in [-0.39, 0.29) is 5.91 Å². The molecular weight excluding hydrogens is 310 g/mol. The fraction of sp³-hybridized carbons (Fsp3) is 0.471. The quantitative estimate of drug-likeness (QED) is 0.757. The van der Waals surface area contributed by atoms with Gasteiger partial charge in [-0.2, -0.15) is 0 Å². The molecule has 2 aromatic rings. The van der Waals surface area contributed by atoms with Gasteiger partial charge in [0.2, 0.25) is 11.0 Å². The van der Waals surface area contributed by atoms with E-state index in [1.54, 1.807) is 0 Å². The zero-order chi connectivity index (χ0) is 16.5. The van der Waals surface area contributed by atoms with Crippen molar-refractivity contribution in [2.75, 3.05) is 11.9 Å². The van der Waals surface area contributed by atoms with Gasteiger partial charge in [0.25, 0.3) is 0 Å². The molecule has 0 fully saturated rings. The molecule has 0 aliphatic carbocycles. The number of aromatic nitrogens is 2. The minimum Gasteiger partial charge on any atom is -0.493 e. The van der Waals surface area contributed by atoms with E-state index < -0.39 is 0 Å². The maximum Gasteiger partial charge on any atom is 0.226 e. The largest absolute Gasteiger partial charge is 0.493 e.